The van der Waals surface area contributed by atoms with Crippen LogP contribution in [0.4, 0.5) is 10.5 Å². The second kappa shape index (κ2) is 7.81. The predicted octanol–water partition coefficient (Wildman–Crippen LogP) is 4.45. The summed E-state index contributed by atoms with van der Waals surface area (Å²) in [5.41, 5.74) is 3.63. The van der Waals surface area contributed by atoms with Crippen molar-refractivity contribution in [1.29, 1.82) is 0 Å². The first-order valence-electron chi connectivity index (χ1n) is 7.85. The Labute approximate surface area is 150 Å². The lowest BCUT2D eigenvalue weighted by Gasteiger charge is -2.11. The third kappa shape index (κ3) is 4.36. The van der Waals surface area contributed by atoms with Gasteiger partial charge in [-0.1, -0.05) is 30.3 Å². The average molecular weight is 353 g/mol. The molecule has 2 amide bonds. The van der Waals surface area contributed by atoms with Crippen molar-refractivity contribution in [2.75, 3.05) is 12.4 Å². The highest BCUT2D eigenvalue weighted by atomic mass is 32.1. The maximum absolute atomic E-state index is 12.2. The summed E-state index contributed by atoms with van der Waals surface area (Å²) >= 11 is 1.59. The summed E-state index contributed by atoms with van der Waals surface area (Å²) in [7, 11) is 1.62. The van der Waals surface area contributed by atoms with Crippen LogP contribution in [-0.4, -0.2) is 18.1 Å². The fourth-order valence-electron chi connectivity index (χ4n) is 2.42. The van der Waals surface area contributed by atoms with E-state index in [1.807, 2.05) is 60.8 Å². The number of urea groups is 1. The molecule has 128 valence electrons. The first kappa shape index (κ1) is 17.0. The van der Waals surface area contributed by atoms with Crippen LogP contribution in [0.25, 0.3) is 10.6 Å². The highest BCUT2D eigenvalue weighted by Gasteiger charge is 2.07. The minimum absolute atomic E-state index is 0.265. The third-order valence-electron chi connectivity index (χ3n) is 3.62. The van der Waals surface area contributed by atoms with Gasteiger partial charge in [0.05, 0.1) is 7.11 Å². The molecule has 0 aliphatic carbocycles. The standard InChI is InChI=1S/C19H19N3O2S/c1-13-12-25-18(21-13)14-7-5-8-16(10-14)22-19(23)20-11-15-6-3-4-9-17(15)24-2/h3-10,12H,11H2,1-2H3,(H2,20,22,23). The van der Waals surface area contributed by atoms with Crippen LogP contribution in [0.5, 0.6) is 5.75 Å². The number of nitrogens with zero attached hydrogens (tertiary/aromatic N) is 1. The molecular weight excluding hydrogens is 334 g/mol. The monoisotopic (exact) mass is 353 g/mol. The number of aromatic nitrogens is 1. The molecule has 0 atom stereocenters. The molecule has 0 radical (unpaired) electrons. The van der Waals surface area contributed by atoms with Gasteiger partial charge in [-0.3, -0.25) is 0 Å². The lowest BCUT2D eigenvalue weighted by Crippen LogP contribution is -2.28. The number of anilines is 1. The molecule has 0 fully saturated rings. The van der Waals surface area contributed by atoms with Crippen molar-refractivity contribution in [3.63, 3.8) is 0 Å². The van der Waals surface area contributed by atoms with Gasteiger partial charge >= 0.3 is 6.03 Å². The number of aryl methyl sites for hydroxylation is 1. The van der Waals surface area contributed by atoms with Crippen LogP contribution in [0.2, 0.25) is 0 Å². The van der Waals surface area contributed by atoms with Gasteiger partial charge in [-0.15, -0.1) is 11.3 Å². The van der Waals surface area contributed by atoms with Crippen molar-refractivity contribution in [3.8, 4) is 16.3 Å². The molecule has 1 heterocycles. The highest BCUT2D eigenvalue weighted by Crippen LogP contribution is 2.25. The predicted molar refractivity (Wildman–Crippen MR) is 101 cm³/mol. The highest BCUT2D eigenvalue weighted by molar-refractivity contribution is 7.13. The van der Waals surface area contributed by atoms with Crippen LogP contribution in [0.15, 0.2) is 53.9 Å². The summed E-state index contributed by atoms with van der Waals surface area (Å²) in [5.74, 6) is 0.754. The molecule has 0 bridgehead atoms. The van der Waals surface area contributed by atoms with E-state index >= 15 is 0 Å². The average Bonchev–Trinajstić information content (AvgIpc) is 3.07. The van der Waals surface area contributed by atoms with E-state index in [1.54, 1.807) is 18.4 Å². The summed E-state index contributed by atoms with van der Waals surface area (Å²) in [5, 5.41) is 8.64. The molecule has 2 N–H and O–H groups in total. The number of amides is 2. The Morgan fingerprint density at radius 2 is 2.04 bits per heavy atom. The Morgan fingerprint density at radius 3 is 2.80 bits per heavy atom. The summed E-state index contributed by atoms with van der Waals surface area (Å²) < 4.78 is 5.29. The number of hydrogen-bond donors (Lipinski definition) is 2. The van der Waals surface area contributed by atoms with Gasteiger partial charge in [0, 0.05) is 34.4 Å². The first-order valence-corrected chi connectivity index (χ1v) is 8.73. The third-order valence-corrected chi connectivity index (χ3v) is 4.63. The zero-order chi connectivity index (χ0) is 17.6. The smallest absolute Gasteiger partial charge is 0.319 e. The Bertz CT molecular complexity index is 876. The molecule has 0 saturated carbocycles. The van der Waals surface area contributed by atoms with Gasteiger partial charge in [0.25, 0.3) is 0 Å². The number of hydrogen-bond acceptors (Lipinski definition) is 4. The maximum atomic E-state index is 12.2. The van der Waals surface area contributed by atoms with E-state index in [-0.39, 0.29) is 6.03 Å². The van der Waals surface area contributed by atoms with Crippen molar-refractivity contribution in [1.82, 2.24) is 10.3 Å². The molecule has 0 aliphatic rings. The molecule has 0 spiro atoms. The molecule has 3 rings (SSSR count). The zero-order valence-corrected chi connectivity index (χ0v) is 14.9. The van der Waals surface area contributed by atoms with Crippen LogP contribution in [0, 0.1) is 6.92 Å². The Balaban J connectivity index is 1.63. The van der Waals surface area contributed by atoms with Gasteiger partial charge < -0.3 is 15.4 Å². The Morgan fingerprint density at radius 1 is 1.20 bits per heavy atom. The zero-order valence-electron chi connectivity index (χ0n) is 14.1. The number of methoxy groups -OCH3 is 1. The summed E-state index contributed by atoms with van der Waals surface area (Å²) in [4.78, 5) is 16.6. The van der Waals surface area contributed by atoms with Gasteiger partial charge in [-0.25, -0.2) is 9.78 Å². The number of rotatable bonds is 5. The van der Waals surface area contributed by atoms with Crippen molar-refractivity contribution in [2.45, 2.75) is 13.5 Å². The lowest BCUT2D eigenvalue weighted by atomic mass is 10.2. The molecule has 0 unspecified atom stereocenters. The molecule has 0 saturated heterocycles. The lowest BCUT2D eigenvalue weighted by molar-refractivity contribution is 0.251. The van der Waals surface area contributed by atoms with Gasteiger partial charge in [-0.05, 0) is 25.1 Å². The van der Waals surface area contributed by atoms with Gasteiger partial charge in [0.1, 0.15) is 10.8 Å². The van der Waals surface area contributed by atoms with E-state index in [0.717, 1.165) is 33.3 Å². The van der Waals surface area contributed by atoms with Gasteiger partial charge in [0.15, 0.2) is 0 Å². The van der Waals surface area contributed by atoms with E-state index in [1.165, 1.54) is 0 Å². The number of carbonyl (C=O) groups is 1. The number of ether oxygens (including phenoxy) is 1. The van der Waals surface area contributed by atoms with E-state index in [0.29, 0.717) is 6.54 Å². The normalized spacial score (nSPS) is 10.3. The SMILES string of the molecule is COc1ccccc1CNC(=O)Nc1cccc(-c2nc(C)cs2)c1. The Hall–Kier alpha value is -2.86. The number of para-hydroxylation sites is 1. The summed E-state index contributed by atoms with van der Waals surface area (Å²) in [6.45, 7) is 2.36. The van der Waals surface area contributed by atoms with Crippen LogP contribution >= 0.6 is 11.3 Å². The minimum atomic E-state index is -0.265. The number of carbonyl (C=O) groups excluding carboxylic acids is 1. The summed E-state index contributed by atoms with van der Waals surface area (Å²) in [6, 6.07) is 15.0. The number of nitrogens with one attached hydrogen (secondary N) is 2. The van der Waals surface area contributed by atoms with E-state index in [9.17, 15) is 4.79 Å². The van der Waals surface area contributed by atoms with Crippen LogP contribution in [0.3, 0.4) is 0 Å². The quantitative estimate of drug-likeness (QED) is 0.712. The van der Waals surface area contributed by atoms with Gasteiger partial charge in [0.2, 0.25) is 0 Å². The van der Waals surface area contributed by atoms with E-state index in [4.69, 9.17) is 4.74 Å². The van der Waals surface area contributed by atoms with Crippen molar-refractivity contribution < 1.29 is 9.53 Å². The topological polar surface area (TPSA) is 63.2 Å². The van der Waals surface area contributed by atoms with Crippen molar-refractivity contribution in [2.24, 2.45) is 0 Å². The summed E-state index contributed by atoms with van der Waals surface area (Å²) in [6.07, 6.45) is 0. The van der Waals surface area contributed by atoms with Crippen LogP contribution < -0.4 is 15.4 Å². The molecule has 2 aromatic carbocycles. The van der Waals surface area contributed by atoms with Gasteiger partial charge in [-0.2, -0.15) is 0 Å². The van der Waals surface area contributed by atoms with Crippen LogP contribution in [-0.2, 0) is 6.54 Å². The molecule has 0 aliphatic heterocycles. The molecular formula is C19H19N3O2S. The van der Waals surface area contributed by atoms with E-state index in [2.05, 4.69) is 15.6 Å². The molecule has 3 aromatic rings. The first-order chi connectivity index (χ1) is 12.2. The Kier molecular flexibility index (Phi) is 5.30. The van der Waals surface area contributed by atoms with Crippen molar-refractivity contribution >= 4 is 23.1 Å². The second-order valence-electron chi connectivity index (χ2n) is 5.49. The largest absolute Gasteiger partial charge is 0.496 e. The fourth-order valence-corrected chi connectivity index (χ4v) is 3.21. The number of benzene rings is 2. The molecule has 6 heteroatoms. The molecule has 25 heavy (non-hydrogen) atoms. The minimum Gasteiger partial charge on any atom is -0.496 e. The number of thiazole rings is 1. The molecule has 1 aromatic heterocycles. The van der Waals surface area contributed by atoms with Crippen molar-refractivity contribution in [3.05, 3.63) is 65.2 Å². The maximum Gasteiger partial charge on any atom is 0.319 e. The second-order valence-corrected chi connectivity index (χ2v) is 6.35. The fraction of sp³-hybridized carbons (Fsp3) is 0.158. The van der Waals surface area contributed by atoms with Crippen LogP contribution in [0.1, 0.15) is 11.3 Å². The molecule has 5 nitrogen and oxygen atoms in total. The van der Waals surface area contributed by atoms with E-state index < -0.39 is 0 Å².